The Morgan fingerprint density at radius 1 is 1.19 bits per heavy atom. The van der Waals surface area contributed by atoms with Crippen LogP contribution in [0.15, 0.2) is 49.2 Å². The lowest BCUT2D eigenvalue weighted by atomic mass is 10.2. The molecule has 0 saturated heterocycles. The van der Waals surface area contributed by atoms with Crippen LogP contribution in [0.3, 0.4) is 0 Å². The Kier molecular flexibility index (Phi) is 7.35. The van der Waals surface area contributed by atoms with E-state index in [9.17, 15) is 14.7 Å². The van der Waals surface area contributed by atoms with Gasteiger partial charge in [0.05, 0.1) is 24.2 Å². The number of nitrogens with zero attached hydrogens (tertiary/aromatic N) is 3. The summed E-state index contributed by atoms with van der Waals surface area (Å²) in [6.07, 6.45) is 0.307. The van der Waals surface area contributed by atoms with Gasteiger partial charge in [-0.05, 0) is 37.3 Å². The van der Waals surface area contributed by atoms with E-state index in [1.54, 1.807) is 24.3 Å². The fourth-order valence-corrected chi connectivity index (χ4v) is 3.78. The lowest BCUT2D eigenvalue weighted by Crippen LogP contribution is -2.24. The Hall–Kier alpha value is -2.72. The average molecular weight is 567 g/mol. The molecule has 0 bridgehead atoms. The van der Waals surface area contributed by atoms with Crippen LogP contribution in [0.4, 0.5) is 0 Å². The highest BCUT2D eigenvalue weighted by Crippen LogP contribution is 2.35. The zero-order valence-electron chi connectivity index (χ0n) is 17.8. The number of benzene rings is 2. The third kappa shape index (κ3) is 5.02. The molecule has 2 aromatic carbocycles. The molecule has 0 unspecified atom stereocenters. The molecule has 0 fully saturated rings. The number of halogens is 2. The van der Waals surface area contributed by atoms with E-state index in [0.29, 0.717) is 32.5 Å². The molecule has 3 rings (SSSR count). The molecule has 1 aromatic heterocycles. The fraction of sp³-hybridized carbons (Fsp3) is 0.273. The van der Waals surface area contributed by atoms with Gasteiger partial charge in [-0.3, -0.25) is 4.79 Å². The molecular formula is C22H21Br2N3O5. The number of hydrogen-bond donors (Lipinski definition) is 1. The number of carboxylic acids is 1. The van der Waals surface area contributed by atoms with Gasteiger partial charge in [-0.2, -0.15) is 9.78 Å². The van der Waals surface area contributed by atoms with Crippen molar-refractivity contribution >= 4 is 54.9 Å². The van der Waals surface area contributed by atoms with Crippen molar-refractivity contribution in [3.63, 3.8) is 0 Å². The molecule has 1 atom stereocenters. The van der Waals surface area contributed by atoms with E-state index >= 15 is 0 Å². The van der Waals surface area contributed by atoms with Crippen molar-refractivity contribution in [1.82, 2.24) is 9.66 Å². The minimum Gasteiger partial charge on any atom is -0.493 e. The highest BCUT2D eigenvalue weighted by atomic mass is 79.9. The maximum atomic E-state index is 13.2. The van der Waals surface area contributed by atoms with Crippen molar-refractivity contribution in [3.8, 4) is 11.5 Å². The van der Waals surface area contributed by atoms with E-state index < -0.39 is 12.1 Å². The Morgan fingerprint density at radius 3 is 2.53 bits per heavy atom. The Labute approximate surface area is 201 Å². The minimum atomic E-state index is -1.12. The number of ether oxygens (including phenoxy) is 2. The molecule has 3 aromatic rings. The summed E-state index contributed by atoms with van der Waals surface area (Å²) in [6, 6.07) is 8.65. The van der Waals surface area contributed by atoms with Crippen LogP contribution in [0.2, 0.25) is 0 Å². The Bertz CT molecular complexity index is 1270. The monoisotopic (exact) mass is 565 g/mol. The highest BCUT2D eigenvalue weighted by molar-refractivity contribution is 9.10. The van der Waals surface area contributed by atoms with Crippen LogP contribution in [0, 0.1) is 0 Å². The van der Waals surface area contributed by atoms with Gasteiger partial charge in [0.25, 0.3) is 5.56 Å². The van der Waals surface area contributed by atoms with E-state index in [1.165, 1.54) is 24.9 Å². The van der Waals surface area contributed by atoms with Gasteiger partial charge in [0.2, 0.25) is 0 Å². The lowest BCUT2D eigenvalue weighted by molar-refractivity contribution is -0.144. The molecule has 0 radical (unpaired) electrons. The quantitative estimate of drug-likeness (QED) is 0.412. The van der Waals surface area contributed by atoms with Gasteiger partial charge in [-0.1, -0.05) is 45.7 Å². The number of aromatic nitrogens is 2. The van der Waals surface area contributed by atoms with Crippen molar-refractivity contribution in [2.24, 2.45) is 5.10 Å². The second-order valence-electron chi connectivity index (χ2n) is 7.27. The summed E-state index contributed by atoms with van der Waals surface area (Å²) in [6.45, 7) is 5.25. The first-order chi connectivity index (χ1) is 15.1. The van der Waals surface area contributed by atoms with Crippen LogP contribution < -0.4 is 15.0 Å². The predicted molar refractivity (Wildman–Crippen MR) is 129 cm³/mol. The average Bonchev–Trinajstić information content (AvgIpc) is 2.74. The van der Waals surface area contributed by atoms with Gasteiger partial charge in [0.15, 0.2) is 17.6 Å². The summed E-state index contributed by atoms with van der Waals surface area (Å²) >= 11 is 6.79. The molecule has 0 spiro atoms. The summed E-state index contributed by atoms with van der Waals surface area (Å²) in [5.74, 6) is -0.187. The van der Waals surface area contributed by atoms with Crippen molar-refractivity contribution in [2.75, 3.05) is 7.11 Å². The SMILES string of the molecule is COc1cc(Br)cc(C=Nn2c(C(C)C)nc3ccc(Br)cc3c2=O)c1O[C@H](C)C(=O)O. The largest absolute Gasteiger partial charge is 0.493 e. The van der Waals surface area contributed by atoms with Gasteiger partial charge in [0.1, 0.15) is 5.82 Å². The molecule has 1 heterocycles. The Balaban J connectivity index is 2.20. The second kappa shape index (κ2) is 9.83. The molecule has 0 amide bonds. The normalized spacial score (nSPS) is 12.5. The van der Waals surface area contributed by atoms with E-state index in [2.05, 4.69) is 41.9 Å². The first-order valence-electron chi connectivity index (χ1n) is 9.66. The molecule has 8 nitrogen and oxygen atoms in total. The molecule has 32 heavy (non-hydrogen) atoms. The molecule has 168 valence electrons. The van der Waals surface area contributed by atoms with Crippen LogP contribution in [0.5, 0.6) is 11.5 Å². The smallest absolute Gasteiger partial charge is 0.344 e. The minimum absolute atomic E-state index is 0.0762. The molecule has 1 N–H and O–H groups in total. The van der Waals surface area contributed by atoms with Gasteiger partial charge in [-0.15, -0.1) is 0 Å². The molecule has 0 aliphatic rings. The maximum absolute atomic E-state index is 13.2. The zero-order chi connectivity index (χ0) is 23.6. The van der Waals surface area contributed by atoms with Gasteiger partial charge in [-0.25, -0.2) is 9.78 Å². The van der Waals surface area contributed by atoms with Crippen LogP contribution in [-0.2, 0) is 4.79 Å². The Morgan fingerprint density at radius 2 is 1.91 bits per heavy atom. The summed E-state index contributed by atoms with van der Waals surface area (Å²) in [4.78, 5) is 29.1. The van der Waals surface area contributed by atoms with Crippen molar-refractivity contribution in [3.05, 3.63) is 61.0 Å². The van der Waals surface area contributed by atoms with Crippen LogP contribution in [0.1, 0.15) is 38.1 Å². The second-order valence-corrected chi connectivity index (χ2v) is 9.10. The first kappa shape index (κ1) is 23.9. The number of aliphatic carboxylic acids is 1. The molecule has 0 aliphatic carbocycles. The standard InChI is InChI=1S/C22H21Br2N3O5/c1-11(2)20-26-17-6-5-14(23)8-16(17)21(28)27(20)25-10-13-7-15(24)9-18(31-4)19(13)32-12(3)22(29)30/h5-12H,1-4H3,(H,29,30)/t12-/m1/s1. The number of methoxy groups -OCH3 is 1. The number of carboxylic acid groups (broad SMARTS) is 1. The molecular weight excluding hydrogens is 546 g/mol. The summed E-state index contributed by atoms with van der Waals surface area (Å²) in [5.41, 5.74) is 0.691. The molecule has 10 heteroatoms. The van der Waals surface area contributed by atoms with E-state index in [-0.39, 0.29) is 17.2 Å². The maximum Gasteiger partial charge on any atom is 0.344 e. The van der Waals surface area contributed by atoms with Gasteiger partial charge < -0.3 is 14.6 Å². The predicted octanol–water partition coefficient (Wildman–Crippen LogP) is 4.79. The van der Waals surface area contributed by atoms with Crippen molar-refractivity contribution in [2.45, 2.75) is 32.8 Å². The van der Waals surface area contributed by atoms with Crippen molar-refractivity contribution < 1.29 is 19.4 Å². The van der Waals surface area contributed by atoms with Gasteiger partial charge >= 0.3 is 5.97 Å². The van der Waals surface area contributed by atoms with Gasteiger partial charge in [0, 0.05) is 20.4 Å². The summed E-state index contributed by atoms with van der Waals surface area (Å²) < 4.78 is 13.7. The number of fused-ring (bicyclic) bond motifs is 1. The van der Waals surface area contributed by atoms with E-state index in [0.717, 1.165) is 4.47 Å². The summed E-state index contributed by atoms with van der Waals surface area (Å²) in [7, 11) is 1.45. The van der Waals surface area contributed by atoms with Crippen molar-refractivity contribution in [1.29, 1.82) is 0 Å². The third-order valence-corrected chi connectivity index (χ3v) is 5.52. The first-order valence-corrected chi connectivity index (χ1v) is 11.2. The fourth-order valence-electron chi connectivity index (χ4n) is 2.96. The zero-order valence-corrected chi connectivity index (χ0v) is 21.0. The summed E-state index contributed by atoms with van der Waals surface area (Å²) in [5, 5.41) is 14.1. The number of carbonyl (C=O) groups is 1. The third-order valence-electron chi connectivity index (χ3n) is 4.57. The number of rotatable bonds is 7. The van der Waals surface area contributed by atoms with Crippen LogP contribution >= 0.6 is 31.9 Å². The van der Waals surface area contributed by atoms with Crippen LogP contribution in [0.25, 0.3) is 10.9 Å². The highest BCUT2D eigenvalue weighted by Gasteiger charge is 2.20. The molecule has 0 aliphatic heterocycles. The topological polar surface area (TPSA) is 103 Å². The number of hydrogen-bond acceptors (Lipinski definition) is 6. The molecule has 0 saturated carbocycles. The van der Waals surface area contributed by atoms with Crippen LogP contribution in [-0.4, -0.2) is 40.2 Å². The lowest BCUT2D eigenvalue weighted by Gasteiger charge is -2.17. The van der Waals surface area contributed by atoms with E-state index in [1.807, 2.05) is 19.9 Å². The van der Waals surface area contributed by atoms with E-state index in [4.69, 9.17) is 9.47 Å².